The molecule has 0 spiro atoms. The first-order chi connectivity index (χ1) is 15.8. The van der Waals surface area contributed by atoms with Gasteiger partial charge in [0.2, 0.25) is 29.5 Å². The third-order valence-corrected chi connectivity index (χ3v) is 5.68. The summed E-state index contributed by atoms with van der Waals surface area (Å²) in [6, 6.07) is 0.00719. The molecule has 2 rings (SSSR count). The SMILES string of the molecule is CN1CC(C(=O)NCCOCCC(=O)NCCOCCC(=O)NC2CC(C(N)=O)C2)CC1=O. The second-order valence-electron chi connectivity index (χ2n) is 8.38. The van der Waals surface area contributed by atoms with Gasteiger partial charge in [-0.2, -0.15) is 0 Å². The molecule has 186 valence electrons. The van der Waals surface area contributed by atoms with Crippen LogP contribution in [0.3, 0.4) is 0 Å². The van der Waals surface area contributed by atoms with E-state index >= 15 is 0 Å². The average Bonchev–Trinajstić information content (AvgIpc) is 3.07. The molecule has 12 nitrogen and oxygen atoms in total. The second kappa shape index (κ2) is 13.7. The Morgan fingerprint density at radius 1 is 0.939 bits per heavy atom. The summed E-state index contributed by atoms with van der Waals surface area (Å²) in [6.07, 6.45) is 1.81. The van der Waals surface area contributed by atoms with Crippen molar-refractivity contribution >= 4 is 29.5 Å². The summed E-state index contributed by atoms with van der Waals surface area (Å²) < 4.78 is 10.7. The maximum atomic E-state index is 11.9. The molecule has 2 aliphatic rings. The first-order valence-corrected chi connectivity index (χ1v) is 11.3. The van der Waals surface area contributed by atoms with Crippen LogP contribution in [-0.4, -0.2) is 93.6 Å². The molecule has 1 heterocycles. The van der Waals surface area contributed by atoms with Crippen LogP contribution in [0.15, 0.2) is 0 Å². The first kappa shape index (κ1) is 26.5. The van der Waals surface area contributed by atoms with Gasteiger partial charge in [0, 0.05) is 57.9 Å². The number of carbonyl (C=O) groups excluding carboxylic acids is 5. The van der Waals surface area contributed by atoms with E-state index in [1.54, 1.807) is 11.9 Å². The number of likely N-dealkylation sites (tertiary alicyclic amines) is 1. The molecule has 0 aromatic rings. The summed E-state index contributed by atoms with van der Waals surface area (Å²) in [6.45, 7) is 2.13. The zero-order chi connectivity index (χ0) is 24.2. The van der Waals surface area contributed by atoms with E-state index in [0.717, 1.165) is 0 Å². The summed E-state index contributed by atoms with van der Waals surface area (Å²) in [4.78, 5) is 59.4. The molecule has 2 fully saturated rings. The molecule has 0 aromatic carbocycles. The Labute approximate surface area is 193 Å². The molecule has 1 aliphatic carbocycles. The third-order valence-electron chi connectivity index (χ3n) is 5.68. The minimum atomic E-state index is -0.325. The molecule has 0 aromatic heterocycles. The van der Waals surface area contributed by atoms with Crippen LogP contribution < -0.4 is 21.7 Å². The van der Waals surface area contributed by atoms with Crippen LogP contribution in [0.25, 0.3) is 0 Å². The number of primary amides is 1. The summed E-state index contributed by atoms with van der Waals surface area (Å²) in [5.74, 6) is -1.29. The van der Waals surface area contributed by atoms with Crippen molar-refractivity contribution in [3.8, 4) is 0 Å². The fourth-order valence-corrected chi connectivity index (χ4v) is 3.58. The Morgan fingerprint density at radius 3 is 2.12 bits per heavy atom. The van der Waals surface area contributed by atoms with Gasteiger partial charge in [-0.3, -0.25) is 24.0 Å². The molecule has 12 heteroatoms. The molecule has 5 amide bonds. The number of rotatable bonds is 15. The van der Waals surface area contributed by atoms with Gasteiger partial charge < -0.3 is 36.1 Å². The number of hydrogen-bond acceptors (Lipinski definition) is 7. The lowest BCUT2D eigenvalue weighted by molar-refractivity contribution is -0.128. The second-order valence-corrected chi connectivity index (χ2v) is 8.38. The maximum Gasteiger partial charge on any atom is 0.225 e. The van der Waals surface area contributed by atoms with Crippen LogP contribution in [0, 0.1) is 11.8 Å². The highest BCUT2D eigenvalue weighted by Crippen LogP contribution is 2.26. The molecule has 1 saturated carbocycles. The van der Waals surface area contributed by atoms with Crippen LogP contribution in [0.1, 0.15) is 32.1 Å². The highest BCUT2D eigenvalue weighted by atomic mass is 16.5. The predicted octanol–water partition coefficient (Wildman–Crippen LogP) is -2.11. The number of amides is 5. The Hall–Kier alpha value is -2.73. The minimum absolute atomic E-state index is 0.00719. The monoisotopic (exact) mass is 469 g/mol. The van der Waals surface area contributed by atoms with Gasteiger partial charge in [-0.15, -0.1) is 0 Å². The zero-order valence-corrected chi connectivity index (χ0v) is 19.1. The van der Waals surface area contributed by atoms with Crippen LogP contribution >= 0.6 is 0 Å². The molecule has 1 aliphatic heterocycles. The summed E-state index contributed by atoms with van der Waals surface area (Å²) in [5, 5.41) is 8.25. The van der Waals surface area contributed by atoms with Crippen molar-refractivity contribution in [3.63, 3.8) is 0 Å². The Morgan fingerprint density at radius 2 is 1.55 bits per heavy atom. The molecule has 1 atom stereocenters. The summed E-state index contributed by atoms with van der Waals surface area (Å²) in [5.41, 5.74) is 5.19. The molecular weight excluding hydrogens is 434 g/mol. The quantitative estimate of drug-likeness (QED) is 0.199. The number of hydrogen-bond donors (Lipinski definition) is 4. The van der Waals surface area contributed by atoms with Gasteiger partial charge in [-0.1, -0.05) is 0 Å². The number of ether oxygens (including phenoxy) is 2. The van der Waals surface area contributed by atoms with Crippen molar-refractivity contribution in [3.05, 3.63) is 0 Å². The van der Waals surface area contributed by atoms with Crippen LogP contribution in [0.5, 0.6) is 0 Å². The normalized spacial score (nSPS) is 21.9. The van der Waals surface area contributed by atoms with Gasteiger partial charge in [0.1, 0.15) is 0 Å². The van der Waals surface area contributed by atoms with Crippen LogP contribution in [-0.2, 0) is 33.4 Å². The van der Waals surface area contributed by atoms with Crippen molar-refractivity contribution in [1.82, 2.24) is 20.9 Å². The van der Waals surface area contributed by atoms with Crippen molar-refractivity contribution in [2.75, 3.05) is 53.1 Å². The molecule has 0 radical (unpaired) electrons. The minimum Gasteiger partial charge on any atom is -0.379 e. The number of nitrogens with zero attached hydrogens (tertiary/aromatic N) is 1. The van der Waals surface area contributed by atoms with Crippen LogP contribution in [0.4, 0.5) is 0 Å². The van der Waals surface area contributed by atoms with Crippen molar-refractivity contribution in [2.24, 2.45) is 17.6 Å². The number of nitrogens with two attached hydrogens (primary N) is 1. The zero-order valence-electron chi connectivity index (χ0n) is 19.1. The Kier molecular flexibility index (Phi) is 11.0. The van der Waals surface area contributed by atoms with E-state index in [2.05, 4.69) is 16.0 Å². The predicted molar refractivity (Wildman–Crippen MR) is 116 cm³/mol. The van der Waals surface area contributed by atoms with Gasteiger partial charge in [0.05, 0.1) is 32.3 Å². The third kappa shape index (κ3) is 9.74. The van der Waals surface area contributed by atoms with Gasteiger partial charge >= 0.3 is 0 Å². The van der Waals surface area contributed by atoms with E-state index in [1.165, 1.54) is 0 Å². The van der Waals surface area contributed by atoms with Crippen molar-refractivity contribution in [1.29, 1.82) is 0 Å². The number of carbonyl (C=O) groups is 5. The van der Waals surface area contributed by atoms with Gasteiger partial charge in [0.25, 0.3) is 0 Å². The molecular formula is C21H35N5O7. The summed E-state index contributed by atoms with van der Waals surface area (Å²) >= 11 is 0. The fourth-order valence-electron chi connectivity index (χ4n) is 3.58. The smallest absolute Gasteiger partial charge is 0.225 e. The van der Waals surface area contributed by atoms with E-state index in [1.807, 2.05) is 0 Å². The molecule has 1 saturated heterocycles. The highest BCUT2D eigenvalue weighted by molar-refractivity contribution is 5.89. The van der Waals surface area contributed by atoms with E-state index in [4.69, 9.17) is 15.2 Å². The first-order valence-electron chi connectivity index (χ1n) is 11.3. The molecule has 33 heavy (non-hydrogen) atoms. The van der Waals surface area contributed by atoms with Gasteiger partial charge in [-0.05, 0) is 12.8 Å². The van der Waals surface area contributed by atoms with Crippen molar-refractivity contribution in [2.45, 2.75) is 38.1 Å². The van der Waals surface area contributed by atoms with Crippen LogP contribution in [0.2, 0.25) is 0 Å². The molecule has 5 N–H and O–H groups in total. The Bertz CT molecular complexity index is 711. The van der Waals surface area contributed by atoms with Crippen molar-refractivity contribution < 1.29 is 33.4 Å². The lowest BCUT2D eigenvalue weighted by Crippen LogP contribution is -2.48. The lowest BCUT2D eigenvalue weighted by Gasteiger charge is -2.33. The van der Waals surface area contributed by atoms with Gasteiger partial charge in [0.15, 0.2) is 0 Å². The molecule has 0 bridgehead atoms. The fraction of sp³-hybridized carbons (Fsp3) is 0.762. The lowest BCUT2D eigenvalue weighted by atomic mass is 9.80. The topological polar surface area (TPSA) is 169 Å². The van der Waals surface area contributed by atoms with E-state index in [-0.39, 0.29) is 93.1 Å². The largest absolute Gasteiger partial charge is 0.379 e. The Balaban J connectivity index is 1.35. The average molecular weight is 470 g/mol. The van der Waals surface area contributed by atoms with E-state index in [9.17, 15) is 24.0 Å². The van der Waals surface area contributed by atoms with E-state index < -0.39 is 0 Å². The highest BCUT2D eigenvalue weighted by Gasteiger charge is 2.34. The molecule has 1 unspecified atom stereocenters. The number of nitrogens with one attached hydrogen (secondary N) is 3. The van der Waals surface area contributed by atoms with E-state index in [0.29, 0.717) is 32.5 Å². The van der Waals surface area contributed by atoms with Gasteiger partial charge in [-0.25, -0.2) is 0 Å². The maximum absolute atomic E-state index is 11.9. The standard InChI is InChI=1S/C21H35N5O7/c1-26-13-15(12-19(26)29)21(31)24-5-9-32-6-2-17(27)23-4-8-33-7-3-18(28)25-16-10-14(11-16)20(22)30/h14-16H,2-13H2,1H3,(H2,22,30)(H,23,27)(H,24,31)(H,25,28). The summed E-state index contributed by atoms with van der Waals surface area (Å²) in [7, 11) is 1.68.